The van der Waals surface area contributed by atoms with E-state index in [1.54, 1.807) is 11.3 Å². The average molecular weight is 337 g/mol. The first-order valence-corrected chi connectivity index (χ1v) is 9.30. The molecule has 0 spiro atoms. The standard InChI is InChI=1S/C17H27N3O2S/c1-15(21)18-8-4-2-3-7-17(22)20-11-9-19(10-12-20)14-16-6-5-13-23-16/h5-6,13H,2-4,7-12,14H2,1H3,(H,18,21). The lowest BCUT2D eigenvalue weighted by molar-refractivity contribution is -0.133. The van der Waals surface area contributed by atoms with Gasteiger partial charge in [0.15, 0.2) is 0 Å². The van der Waals surface area contributed by atoms with Crippen molar-refractivity contribution in [2.75, 3.05) is 32.7 Å². The highest BCUT2D eigenvalue weighted by Gasteiger charge is 2.20. The molecule has 1 N–H and O–H groups in total. The molecule has 1 aromatic heterocycles. The third kappa shape index (κ3) is 6.71. The van der Waals surface area contributed by atoms with E-state index in [2.05, 4.69) is 27.7 Å². The average Bonchev–Trinajstić information content (AvgIpc) is 3.04. The van der Waals surface area contributed by atoms with Gasteiger partial charge in [0.1, 0.15) is 0 Å². The molecule has 0 aliphatic carbocycles. The molecule has 23 heavy (non-hydrogen) atoms. The van der Waals surface area contributed by atoms with Crippen molar-refractivity contribution in [1.82, 2.24) is 15.1 Å². The first-order chi connectivity index (χ1) is 11.1. The third-order valence-corrected chi connectivity index (χ3v) is 4.99. The van der Waals surface area contributed by atoms with Gasteiger partial charge in [-0.25, -0.2) is 0 Å². The van der Waals surface area contributed by atoms with Gasteiger partial charge in [-0.05, 0) is 24.3 Å². The molecule has 2 rings (SSSR count). The van der Waals surface area contributed by atoms with Crippen LogP contribution in [0.5, 0.6) is 0 Å². The summed E-state index contributed by atoms with van der Waals surface area (Å²) in [5.74, 6) is 0.293. The molecule has 6 heteroatoms. The summed E-state index contributed by atoms with van der Waals surface area (Å²) in [7, 11) is 0. The molecule has 0 bridgehead atoms. The van der Waals surface area contributed by atoms with Crippen molar-refractivity contribution in [3.8, 4) is 0 Å². The molecule has 1 aromatic rings. The summed E-state index contributed by atoms with van der Waals surface area (Å²) in [4.78, 5) is 28.8. The van der Waals surface area contributed by atoms with Crippen LogP contribution in [0.1, 0.15) is 37.5 Å². The summed E-state index contributed by atoms with van der Waals surface area (Å²) in [6, 6.07) is 4.26. The summed E-state index contributed by atoms with van der Waals surface area (Å²) in [6.45, 7) is 6.86. The first-order valence-electron chi connectivity index (χ1n) is 8.42. The predicted molar refractivity (Wildman–Crippen MR) is 93.3 cm³/mol. The zero-order chi connectivity index (χ0) is 16.5. The minimum Gasteiger partial charge on any atom is -0.356 e. The van der Waals surface area contributed by atoms with Gasteiger partial charge < -0.3 is 10.2 Å². The Morgan fingerprint density at radius 3 is 2.61 bits per heavy atom. The van der Waals surface area contributed by atoms with Crippen LogP contribution in [0.25, 0.3) is 0 Å². The number of nitrogens with one attached hydrogen (secondary N) is 1. The molecule has 5 nitrogen and oxygen atoms in total. The van der Waals surface area contributed by atoms with Gasteiger partial charge >= 0.3 is 0 Å². The fourth-order valence-electron chi connectivity index (χ4n) is 2.78. The summed E-state index contributed by atoms with van der Waals surface area (Å²) in [5.41, 5.74) is 0. The maximum atomic E-state index is 12.2. The maximum Gasteiger partial charge on any atom is 0.222 e. The van der Waals surface area contributed by atoms with Crippen LogP contribution in [0.15, 0.2) is 17.5 Å². The van der Waals surface area contributed by atoms with Gasteiger partial charge in [0, 0.05) is 57.5 Å². The van der Waals surface area contributed by atoms with Gasteiger partial charge in [0.05, 0.1) is 0 Å². The van der Waals surface area contributed by atoms with E-state index in [-0.39, 0.29) is 11.8 Å². The fourth-order valence-corrected chi connectivity index (χ4v) is 3.53. The Labute approximate surface area is 142 Å². The Hall–Kier alpha value is -1.40. The SMILES string of the molecule is CC(=O)NCCCCCC(=O)N1CCN(Cc2cccs2)CC1. The van der Waals surface area contributed by atoms with Gasteiger partial charge in [-0.1, -0.05) is 12.5 Å². The summed E-state index contributed by atoms with van der Waals surface area (Å²) in [6.07, 6.45) is 3.48. The van der Waals surface area contributed by atoms with Crippen molar-refractivity contribution < 1.29 is 9.59 Å². The fraction of sp³-hybridized carbons (Fsp3) is 0.647. The molecule has 128 valence electrons. The molecule has 2 heterocycles. The van der Waals surface area contributed by atoms with E-state index in [9.17, 15) is 9.59 Å². The zero-order valence-corrected chi connectivity index (χ0v) is 14.7. The molecule has 0 aromatic carbocycles. The number of nitrogens with zero attached hydrogens (tertiary/aromatic N) is 2. The zero-order valence-electron chi connectivity index (χ0n) is 13.9. The largest absolute Gasteiger partial charge is 0.356 e. The second-order valence-corrected chi connectivity index (χ2v) is 7.06. The Morgan fingerprint density at radius 1 is 1.17 bits per heavy atom. The van der Waals surface area contributed by atoms with Crippen molar-refractivity contribution >= 4 is 23.2 Å². The Kier molecular flexibility index (Phi) is 7.55. The number of carbonyl (C=O) groups is 2. The van der Waals surface area contributed by atoms with Crippen LogP contribution in [0.2, 0.25) is 0 Å². The number of hydrogen-bond acceptors (Lipinski definition) is 4. The summed E-state index contributed by atoms with van der Waals surface area (Å²) < 4.78 is 0. The van der Waals surface area contributed by atoms with E-state index in [1.165, 1.54) is 11.8 Å². The molecule has 1 aliphatic heterocycles. The molecule has 0 atom stereocenters. The van der Waals surface area contributed by atoms with Crippen LogP contribution in [0.4, 0.5) is 0 Å². The monoisotopic (exact) mass is 337 g/mol. The van der Waals surface area contributed by atoms with E-state index in [0.717, 1.165) is 52.0 Å². The Morgan fingerprint density at radius 2 is 1.96 bits per heavy atom. The number of unbranched alkanes of at least 4 members (excludes halogenated alkanes) is 2. The maximum absolute atomic E-state index is 12.2. The molecular formula is C17H27N3O2S. The number of amides is 2. The van der Waals surface area contributed by atoms with Gasteiger partial charge in [-0.2, -0.15) is 0 Å². The van der Waals surface area contributed by atoms with E-state index in [0.29, 0.717) is 13.0 Å². The Balaban J connectivity index is 1.55. The van der Waals surface area contributed by atoms with Crippen LogP contribution in [0.3, 0.4) is 0 Å². The van der Waals surface area contributed by atoms with Crippen LogP contribution in [0, 0.1) is 0 Å². The number of hydrogen-bond donors (Lipinski definition) is 1. The second-order valence-electron chi connectivity index (χ2n) is 6.03. The lowest BCUT2D eigenvalue weighted by atomic mass is 10.1. The first kappa shape index (κ1) is 17.9. The molecular weight excluding hydrogens is 310 g/mol. The van der Waals surface area contributed by atoms with Crippen molar-refractivity contribution in [2.45, 2.75) is 39.2 Å². The third-order valence-electron chi connectivity index (χ3n) is 4.13. The Bertz CT molecular complexity index is 482. The van der Waals surface area contributed by atoms with Crippen LogP contribution < -0.4 is 5.32 Å². The summed E-state index contributed by atoms with van der Waals surface area (Å²) in [5, 5.41) is 4.89. The minimum absolute atomic E-state index is 0.0153. The molecule has 1 fully saturated rings. The molecule has 1 aliphatic rings. The van der Waals surface area contributed by atoms with E-state index < -0.39 is 0 Å². The normalized spacial score (nSPS) is 15.6. The lowest BCUT2D eigenvalue weighted by Gasteiger charge is -2.34. The smallest absolute Gasteiger partial charge is 0.222 e. The minimum atomic E-state index is 0.0153. The van der Waals surface area contributed by atoms with E-state index in [1.807, 2.05) is 4.90 Å². The van der Waals surface area contributed by atoms with Crippen LogP contribution in [-0.2, 0) is 16.1 Å². The van der Waals surface area contributed by atoms with Gasteiger partial charge in [0.2, 0.25) is 11.8 Å². The highest BCUT2D eigenvalue weighted by molar-refractivity contribution is 7.09. The van der Waals surface area contributed by atoms with Crippen LogP contribution >= 0.6 is 11.3 Å². The van der Waals surface area contributed by atoms with Crippen molar-refractivity contribution in [3.63, 3.8) is 0 Å². The predicted octanol–water partition coefficient (Wildman–Crippen LogP) is 2.09. The van der Waals surface area contributed by atoms with Crippen molar-refractivity contribution in [3.05, 3.63) is 22.4 Å². The molecule has 0 unspecified atom stereocenters. The van der Waals surface area contributed by atoms with Crippen LogP contribution in [-0.4, -0.2) is 54.3 Å². The molecule has 1 saturated heterocycles. The van der Waals surface area contributed by atoms with Crippen molar-refractivity contribution in [1.29, 1.82) is 0 Å². The second kappa shape index (κ2) is 9.67. The number of piperazine rings is 1. The topological polar surface area (TPSA) is 52.7 Å². The highest BCUT2D eigenvalue weighted by atomic mass is 32.1. The van der Waals surface area contributed by atoms with Crippen molar-refractivity contribution in [2.24, 2.45) is 0 Å². The van der Waals surface area contributed by atoms with Gasteiger partial charge in [-0.15, -0.1) is 11.3 Å². The van der Waals surface area contributed by atoms with Gasteiger partial charge in [-0.3, -0.25) is 14.5 Å². The van der Waals surface area contributed by atoms with E-state index in [4.69, 9.17) is 0 Å². The number of rotatable bonds is 8. The van der Waals surface area contributed by atoms with E-state index >= 15 is 0 Å². The highest BCUT2D eigenvalue weighted by Crippen LogP contribution is 2.14. The molecule has 0 radical (unpaired) electrons. The quantitative estimate of drug-likeness (QED) is 0.739. The lowest BCUT2D eigenvalue weighted by Crippen LogP contribution is -2.48. The molecule has 0 saturated carbocycles. The number of thiophene rings is 1. The van der Waals surface area contributed by atoms with Gasteiger partial charge in [0.25, 0.3) is 0 Å². The molecule has 2 amide bonds. The number of carbonyl (C=O) groups excluding carboxylic acids is 2. The summed E-state index contributed by atoms with van der Waals surface area (Å²) >= 11 is 1.79.